The molecule has 0 bridgehead atoms. The molecule has 2 heterocycles. The number of nitrogens with one attached hydrogen (secondary N) is 4. The highest BCUT2D eigenvalue weighted by Crippen LogP contribution is 2.38. The molecule has 7 N–H and O–H groups in total. The Balaban J connectivity index is 1.31. The lowest BCUT2D eigenvalue weighted by Crippen LogP contribution is -2.45. The largest absolute Gasteiger partial charge is 0.484 e. The first-order chi connectivity index (χ1) is 22.4. The summed E-state index contributed by atoms with van der Waals surface area (Å²) in [6, 6.07) is 18.4. The molecule has 3 aromatic rings. The number of aryl methyl sites for hydroxylation is 1. The van der Waals surface area contributed by atoms with Gasteiger partial charge in [-0.05, 0) is 68.0 Å². The second-order valence-electron chi connectivity index (χ2n) is 13.3. The van der Waals surface area contributed by atoms with E-state index in [1.54, 1.807) is 24.4 Å². The van der Waals surface area contributed by atoms with Crippen molar-refractivity contribution in [2.24, 2.45) is 16.1 Å². The van der Waals surface area contributed by atoms with Crippen LogP contribution in [0.1, 0.15) is 75.3 Å². The lowest BCUT2D eigenvalue weighted by molar-refractivity contribution is 0.107. The van der Waals surface area contributed by atoms with Crippen molar-refractivity contribution in [2.45, 2.75) is 71.6 Å². The molecule has 0 unspecified atom stereocenters. The van der Waals surface area contributed by atoms with Crippen molar-refractivity contribution in [3.63, 3.8) is 0 Å². The summed E-state index contributed by atoms with van der Waals surface area (Å²) in [6.07, 6.45) is 5.26. The molecule has 2 aromatic carbocycles. The molecule has 2 atom stereocenters. The molecular weight excluding hydrogens is 592 g/mol. The van der Waals surface area contributed by atoms with Crippen molar-refractivity contribution in [2.75, 3.05) is 13.1 Å². The number of benzene rings is 2. The lowest BCUT2D eigenvalue weighted by atomic mass is 9.85. The number of amidine groups is 1. The molecule has 1 aliphatic carbocycles. The Kier molecular flexibility index (Phi) is 10.1. The molecule has 1 aliphatic heterocycles. The summed E-state index contributed by atoms with van der Waals surface area (Å²) in [7, 11) is 0. The number of likely N-dealkylation sites (tertiary alicyclic amines) is 1. The maximum atomic E-state index is 13.4. The Morgan fingerprint density at radius 3 is 2.38 bits per heavy atom. The molecular formula is C36H46N8O3. The minimum atomic E-state index is -0.385. The maximum absolute atomic E-state index is 13.4. The van der Waals surface area contributed by atoms with E-state index in [9.17, 15) is 9.90 Å². The summed E-state index contributed by atoms with van der Waals surface area (Å²) >= 11 is 0. The molecule has 5 rings (SSSR count). The summed E-state index contributed by atoms with van der Waals surface area (Å²) in [5.41, 5.74) is 10.6. The fourth-order valence-electron chi connectivity index (χ4n) is 5.67. The number of aliphatic hydroxyl groups excluding tert-OH is 1. The number of hydrogen-bond donors (Lipinski definition) is 6. The van der Waals surface area contributed by atoms with E-state index >= 15 is 0 Å². The Morgan fingerprint density at radius 1 is 1.02 bits per heavy atom. The molecule has 2 amide bonds. The minimum absolute atomic E-state index is 0.178. The number of urea groups is 1. The number of aliphatic imine (C=N–C) groups is 1. The van der Waals surface area contributed by atoms with Crippen LogP contribution in [0, 0.1) is 23.2 Å². The fourth-order valence-corrected chi connectivity index (χ4v) is 5.67. The van der Waals surface area contributed by atoms with E-state index in [-0.39, 0.29) is 41.1 Å². The molecule has 1 saturated heterocycles. The van der Waals surface area contributed by atoms with Gasteiger partial charge in [0.2, 0.25) is 5.96 Å². The normalized spacial score (nSPS) is 19.1. The Morgan fingerprint density at radius 2 is 1.70 bits per heavy atom. The van der Waals surface area contributed by atoms with Gasteiger partial charge in [-0.1, -0.05) is 62.7 Å². The molecule has 0 spiro atoms. The highest BCUT2D eigenvalue weighted by atomic mass is 16.5. The summed E-state index contributed by atoms with van der Waals surface area (Å²) in [6.45, 7) is 9.15. The molecule has 11 nitrogen and oxygen atoms in total. The van der Waals surface area contributed by atoms with Crippen molar-refractivity contribution in [3.05, 3.63) is 101 Å². The Hall–Kier alpha value is -4.90. The maximum Gasteiger partial charge on any atom is 0.320 e. The zero-order valence-electron chi connectivity index (χ0n) is 27.6. The van der Waals surface area contributed by atoms with Gasteiger partial charge in [-0.2, -0.15) is 0 Å². The number of carbonyl (C=O) groups excluding carboxylic acids is 1. The van der Waals surface area contributed by atoms with Gasteiger partial charge >= 0.3 is 6.03 Å². The minimum Gasteiger partial charge on any atom is -0.484 e. The van der Waals surface area contributed by atoms with Crippen LogP contribution in [0.25, 0.3) is 0 Å². The van der Waals surface area contributed by atoms with Crippen LogP contribution < -0.4 is 26.6 Å². The van der Waals surface area contributed by atoms with Crippen LogP contribution in [0.2, 0.25) is 0 Å². The average Bonchev–Trinajstić information content (AvgIpc) is 3.03. The summed E-state index contributed by atoms with van der Waals surface area (Å²) in [4.78, 5) is 19.9. The van der Waals surface area contributed by atoms with E-state index < -0.39 is 0 Å². The molecule has 0 saturated carbocycles. The molecule has 1 fully saturated rings. The van der Waals surface area contributed by atoms with Gasteiger partial charge in [-0.25, -0.2) is 9.79 Å². The number of pyridine rings is 1. The quantitative estimate of drug-likeness (QED) is 0.163. The summed E-state index contributed by atoms with van der Waals surface area (Å²) in [5.74, 6) is 1.09. The second-order valence-corrected chi connectivity index (χ2v) is 13.3. The highest BCUT2D eigenvalue weighted by molar-refractivity contribution is 6.05. The molecule has 47 heavy (non-hydrogen) atoms. The SMILES string of the molecule is Cc1ccc(N=C(C=C(N)C(C)(C)C)NC(=O)N[C@H]2CC[C@@H](Oc3ccc(=N)n(C(=N)N4CCC(O)CC4)c3)c3ccccc32)cc1. The Labute approximate surface area is 276 Å². The number of nitrogens with zero attached hydrogens (tertiary/aromatic N) is 3. The third-order valence-electron chi connectivity index (χ3n) is 8.62. The lowest BCUT2D eigenvalue weighted by Gasteiger charge is -2.33. The van der Waals surface area contributed by atoms with Crippen molar-refractivity contribution < 1.29 is 14.6 Å². The standard InChI is InChI=1S/C36H46N8O3/c1-23-9-11-24(12-10-23)40-33(21-31(37)36(2,3)4)42-35(46)41-29-14-15-30(28-8-6-5-7-27(28)29)47-26-13-16-32(38)44(22-26)34(39)43-19-17-25(45)18-20-43/h5-13,16,21-22,25,29-30,38-39,45H,14-15,17-20,37H2,1-4H3,(H2,40,41,42,46)/t29-,30+/m0/s1. The Bertz CT molecular complexity index is 1710. The average molecular weight is 639 g/mol. The molecule has 11 heteroatoms. The number of aromatic nitrogens is 1. The van der Waals surface area contributed by atoms with Gasteiger partial charge in [0.25, 0.3) is 0 Å². The summed E-state index contributed by atoms with van der Waals surface area (Å²) in [5, 5.41) is 33.0. The number of hydrogen-bond acceptors (Lipinski definition) is 7. The first kappa shape index (κ1) is 33.5. The number of fused-ring (bicyclic) bond motifs is 1. The van der Waals surface area contributed by atoms with E-state index in [0.717, 1.165) is 16.7 Å². The third-order valence-corrected chi connectivity index (χ3v) is 8.62. The van der Waals surface area contributed by atoms with Crippen molar-refractivity contribution >= 4 is 23.5 Å². The number of piperidine rings is 1. The van der Waals surface area contributed by atoms with Gasteiger partial charge in [-0.3, -0.25) is 20.7 Å². The van der Waals surface area contributed by atoms with Crippen LogP contribution in [0.4, 0.5) is 10.5 Å². The van der Waals surface area contributed by atoms with Crippen molar-refractivity contribution in [3.8, 4) is 5.75 Å². The van der Waals surface area contributed by atoms with E-state index in [4.69, 9.17) is 21.3 Å². The van der Waals surface area contributed by atoms with E-state index in [2.05, 4.69) is 15.6 Å². The van der Waals surface area contributed by atoms with E-state index in [0.29, 0.717) is 61.7 Å². The number of rotatable bonds is 5. The number of nitrogens with two attached hydrogens (primary N) is 1. The highest BCUT2D eigenvalue weighted by Gasteiger charge is 2.30. The number of carbonyl (C=O) groups is 1. The van der Waals surface area contributed by atoms with Crippen LogP contribution in [0.15, 0.2) is 83.6 Å². The predicted molar refractivity (Wildman–Crippen MR) is 184 cm³/mol. The molecule has 248 valence electrons. The van der Waals surface area contributed by atoms with Crippen LogP contribution in [-0.2, 0) is 0 Å². The van der Waals surface area contributed by atoms with Gasteiger partial charge in [-0.15, -0.1) is 0 Å². The molecule has 2 aliphatic rings. The second kappa shape index (κ2) is 14.3. The van der Waals surface area contributed by atoms with Gasteiger partial charge in [0, 0.05) is 30.3 Å². The summed E-state index contributed by atoms with van der Waals surface area (Å²) < 4.78 is 7.98. The van der Waals surface area contributed by atoms with Gasteiger partial charge < -0.3 is 25.8 Å². The number of amides is 2. The smallest absolute Gasteiger partial charge is 0.320 e. The van der Waals surface area contributed by atoms with Crippen LogP contribution in [0.5, 0.6) is 5.75 Å². The van der Waals surface area contributed by atoms with Crippen LogP contribution in [0.3, 0.4) is 0 Å². The van der Waals surface area contributed by atoms with Gasteiger partial charge in [0.05, 0.1) is 24.0 Å². The zero-order chi connectivity index (χ0) is 33.7. The number of allylic oxidation sites excluding steroid dienone is 1. The van der Waals surface area contributed by atoms with Crippen LogP contribution in [-0.4, -0.2) is 51.6 Å². The van der Waals surface area contributed by atoms with Gasteiger partial charge in [0.1, 0.15) is 23.2 Å². The fraction of sp³-hybridized carbons (Fsp3) is 0.389. The molecule has 1 aromatic heterocycles. The zero-order valence-corrected chi connectivity index (χ0v) is 27.6. The topological polar surface area (TPSA) is 165 Å². The first-order valence-corrected chi connectivity index (χ1v) is 16.1. The van der Waals surface area contributed by atoms with Crippen LogP contribution >= 0.6 is 0 Å². The van der Waals surface area contributed by atoms with Gasteiger partial charge in [0.15, 0.2) is 0 Å². The monoisotopic (exact) mass is 638 g/mol. The number of aliphatic hydroxyl groups is 1. The predicted octanol–water partition coefficient (Wildman–Crippen LogP) is 5.39. The third kappa shape index (κ3) is 8.48. The van der Waals surface area contributed by atoms with Crippen molar-refractivity contribution in [1.82, 2.24) is 20.1 Å². The number of ether oxygens (including phenoxy) is 1. The molecule has 0 radical (unpaired) electrons. The van der Waals surface area contributed by atoms with Crippen molar-refractivity contribution in [1.29, 1.82) is 10.8 Å². The van der Waals surface area contributed by atoms with E-state index in [1.165, 1.54) is 4.57 Å². The first-order valence-electron chi connectivity index (χ1n) is 16.1. The van der Waals surface area contributed by atoms with E-state index in [1.807, 2.05) is 81.1 Å².